The summed E-state index contributed by atoms with van der Waals surface area (Å²) in [5.74, 6) is -0.511. The lowest BCUT2D eigenvalue weighted by atomic mass is 10.1. The highest BCUT2D eigenvalue weighted by Crippen LogP contribution is 2.14. The lowest BCUT2D eigenvalue weighted by Gasteiger charge is -2.27. The van der Waals surface area contributed by atoms with E-state index < -0.39 is 4.92 Å². The maximum Gasteiger partial charge on any atom is 0.269 e. The van der Waals surface area contributed by atoms with E-state index in [9.17, 15) is 19.7 Å². The van der Waals surface area contributed by atoms with Crippen molar-refractivity contribution in [3.63, 3.8) is 0 Å². The molecule has 2 amide bonds. The predicted octanol–water partition coefficient (Wildman–Crippen LogP) is 2.46. The van der Waals surface area contributed by atoms with E-state index in [0.29, 0.717) is 38.2 Å². The number of benzene rings is 1. The summed E-state index contributed by atoms with van der Waals surface area (Å²) < 4.78 is 7.08. The van der Waals surface area contributed by atoms with E-state index in [4.69, 9.17) is 4.74 Å². The molecular weight excluding hydrogens is 388 g/mol. The van der Waals surface area contributed by atoms with Crippen molar-refractivity contribution in [1.29, 1.82) is 0 Å². The van der Waals surface area contributed by atoms with Crippen LogP contribution in [0.2, 0.25) is 0 Å². The fourth-order valence-electron chi connectivity index (χ4n) is 3.04. The van der Waals surface area contributed by atoms with E-state index >= 15 is 0 Å². The Morgan fingerprint density at radius 3 is 2.37 bits per heavy atom. The van der Waals surface area contributed by atoms with Gasteiger partial charge in [-0.1, -0.05) is 6.92 Å². The molecule has 0 radical (unpaired) electrons. The molecule has 1 aromatic carbocycles. The normalized spacial score (nSPS) is 10.6. The number of methoxy groups -OCH3 is 1. The molecule has 0 aliphatic heterocycles. The highest BCUT2D eigenvalue weighted by atomic mass is 16.6. The van der Waals surface area contributed by atoms with Gasteiger partial charge in [-0.25, -0.2) is 0 Å². The van der Waals surface area contributed by atoms with Gasteiger partial charge >= 0.3 is 0 Å². The van der Waals surface area contributed by atoms with Gasteiger partial charge in [0.05, 0.1) is 18.1 Å². The molecule has 0 spiro atoms. The minimum Gasteiger partial charge on any atom is -0.383 e. The molecule has 0 saturated heterocycles. The number of carbonyl (C=O) groups excluding carboxylic acids is 2. The van der Waals surface area contributed by atoms with E-state index in [0.717, 1.165) is 5.69 Å². The van der Waals surface area contributed by atoms with Crippen LogP contribution in [0.5, 0.6) is 0 Å². The van der Waals surface area contributed by atoms with Crippen LogP contribution in [0, 0.1) is 10.1 Å². The van der Waals surface area contributed by atoms with Crippen molar-refractivity contribution in [2.45, 2.75) is 19.9 Å². The summed E-state index contributed by atoms with van der Waals surface area (Å²) in [4.78, 5) is 39.4. The number of nitro groups is 1. The van der Waals surface area contributed by atoms with Crippen LogP contribution < -0.4 is 0 Å². The molecule has 2 aromatic rings. The summed E-state index contributed by atoms with van der Waals surface area (Å²) in [5, 5.41) is 10.8. The highest BCUT2D eigenvalue weighted by molar-refractivity contribution is 5.96. The zero-order valence-corrected chi connectivity index (χ0v) is 17.6. The number of nitro benzene ring substituents is 1. The van der Waals surface area contributed by atoms with Gasteiger partial charge in [0.25, 0.3) is 11.6 Å². The molecule has 1 aromatic heterocycles. The number of non-ortho nitro benzene ring substituents is 1. The van der Waals surface area contributed by atoms with Crippen molar-refractivity contribution in [1.82, 2.24) is 14.4 Å². The molecule has 0 bridgehead atoms. The Morgan fingerprint density at radius 2 is 1.83 bits per heavy atom. The summed E-state index contributed by atoms with van der Waals surface area (Å²) >= 11 is 0. The first kappa shape index (κ1) is 23.1. The van der Waals surface area contributed by atoms with Gasteiger partial charge in [-0.05, 0) is 30.7 Å². The first-order valence-electron chi connectivity index (χ1n) is 9.78. The monoisotopic (exact) mass is 416 g/mol. The minimum absolute atomic E-state index is 0.0716. The van der Waals surface area contributed by atoms with Crippen molar-refractivity contribution >= 4 is 17.5 Å². The lowest BCUT2D eigenvalue weighted by Crippen LogP contribution is -2.44. The second kappa shape index (κ2) is 11.1. The number of aromatic nitrogens is 1. The van der Waals surface area contributed by atoms with Crippen LogP contribution in [0.3, 0.4) is 0 Å². The molecular formula is C21H28N4O5. The Hall–Kier alpha value is -3.20. The first-order valence-corrected chi connectivity index (χ1v) is 9.78. The molecule has 0 atom stereocenters. The quantitative estimate of drug-likeness (QED) is 0.414. The van der Waals surface area contributed by atoms with E-state index in [1.54, 1.807) is 12.0 Å². The summed E-state index contributed by atoms with van der Waals surface area (Å²) in [5.41, 5.74) is 1.20. The van der Waals surface area contributed by atoms with Gasteiger partial charge in [-0.2, -0.15) is 0 Å². The van der Waals surface area contributed by atoms with Crippen molar-refractivity contribution in [2.75, 3.05) is 33.4 Å². The number of ether oxygens (including phenoxy) is 1. The van der Waals surface area contributed by atoms with Gasteiger partial charge in [-0.15, -0.1) is 0 Å². The topological polar surface area (TPSA) is 97.9 Å². The summed E-state index contributed by atoms with van der Waals surface area (Å²) in [6.45, 7) is 3.47. The number of carbonyl (C=O) groups is 2. The molecule has 9 heteroatoms. The molecule has 162 valence electrons. The maximum absolute atomic E-state index is 13.0. The van der Waals surface area contributed by atoms with Crippen LogP contribution in [-0.4, -0.2) is 64.5 Å². The smallest absolute Gasteiger partial charge is 0.269 e. The van der Waals surface area contributed by atoms with E-state index in [-0.39, 0.29) is 24.0 Å². The fraction of sp³-hybridized carbons (Fsp3) is 0.429. The summed E-state index contributed by atoms with van der Waals surface area (Å²) in [6.07, 6.45) is 2.59. The van der Waals surface area contributed by atoms with Gasteiger partial charge in [0.1, 0.15) is 6.54 Å². The zero-order chi connectivity index (χ0) is 22.1. The molecule has 0 unspecified atom stereocenters. The highest BCUT2D eigenvalue weighted by Gasteiger charge is 2.23. The Morgan fingerprint density at radius 1 is 1.13 bits per heavy atom. The van der Waals surface area contributed by atoms with Crippen LogP contribution in [0.15, 0.2) is 42.6 Å². The molecule has 30 heavy (non-hydrogen) atoms. The van der Waals surface area contributed by atoms with Gasteiger partial charge in [0, 0.05) is 56.8 Å². The Balaban J connectivity index is 2.14. The second-order valence-electron chi connectivity index (χ2n) is 6.95. The fourth-order valence-corrected chi connectivity index (χ4v) is 3.04. The molecule has 1 heterocycles. The number of amides is 2. The Kier molecular flexibility index (Phi) is 8.54. The number of nitrogens with zero attached hydrogens (tertiary/aromatic N) is 4. The van der Waals surface area contributed by atoms with Gasteiger partial charge in [0.2, 0.25) is 5.91 Å². The lowest BCUT2D eigenvalue weighted by molar-refractivity contribution is -0.384. The molecule has 0 saturated carbocycles. The first-order chi connectivity index (χ1) is 14.4. The van der Waals surface area contributed by atoms with Crippen LogP contribution >= 0.6 is 0 Å². The third kappa shape index (κ3) is 6.15. The second-order valence-corrected chi connectivity index (χ2v) is 6.95. The molecule has 0 fully saturated rings. The van der Waals surface area contributed by atoms with Gasteiger partial charge < -0.3 is 19.1 Å². The Bertz CT molecular complexity index is 863. The zero-order valence-electron chi connectivity index (χ0n) is 17.6. The van der Waals surface area contributed by atoms with Crippen LogP contribution in [-0.2, 0) is 23.1 Å². The molecule has 0 aliphatic carbocycles. The van der Waals surface area contributed by atoms with E-state index in [1.165, 1.54) is 29.2 Å². The summed E-state index contributed by atoms with van der Waals surface area (Å²) in [6, 6.07) is 9.27. The van der Waals surface area contributed by atoms with E-state index in [2.05, 4.69) is 0 Å². The van der Waals surface area contributed by atoms with Crippen LogP contribution in [0.4, 0.5) is 5.69 Å². The van der Waals surface area contributed by atoms with Gasteiger partial charge in [-0.3, -0.25) is 19.7 Å². The number of hydrogen-bond donors (Lipinski definition) is 0. The van der Waals surface area contributed by atoms with Crippen LogP contribution in [0.25, 0.3) is 0 Å². The van der Waals surface area contributed by atoms with Crippen molar-refractivity contribution in [3.8, 4) is 0 Å². The van der Waals surface area contributed by atoms with Crippen molar-refractivity contribution in [3.05, 3.63) is 64.0 Å². The minimum atomic E-state index is -0.515. The molecule has 0 N–H and O–H groups in total. The Labute approximate surface area is 176 Å². The number of hydrogen-bond acceptors (Lipinski definition) is 5. The van der Waals surface area contributed by atoms with Crippen molar-refractivity contribution < 1.29 is 19.2 Å². The largest absolute Gasteiger partial charge is 0.383 e. The van der Waals surface area contributed by atoms with Crippen molar-refractivity contribution in [2.24, 2.45) is 7.05 Å². The maximum atomic E-state index is 13.0. The van der Waals surface area contributed by atoms with Gasteiger partial charge in [0.15, 0.2) is 0 Å². The SMILES string of the molecule is CCCN(CC(=O)N(CCOC)Cc1cccn1C)C(=O)c1ccc([N+](=O)[O-])cc1. The average Bonchev–Trinajstić information content (AvgIpc) is 3.14. The molecule has 2 rings (SSSR count). The average molecular weight is 416 g/mol. The molecule has 9 nitrogen and oxygen atoms in total. The predicted molar refractivity (Wildman–Crippen MR) is 112 cm³/mol. The standard InChI is InChI=1S/C21H28N4O5/c1-4-11-24(21(27)17-7-9-18(10-8-17)25(28)29)16-20(26)23(13-14-30-3)15-19-6-5-12-22(19)2/h5-10,12H,4,11,13-16H2,1-3H3. The third-order valence-electron chi connectivity index (χ3n) is 4.75. The summed E-state index contributed by atoms with van der Waals surface area (Å²) in [7, 11) is 3.49. The number of aryl methyl sites for hydroxylation is 1. The van der Waals surface area contributed by atoms with E-state index in [1.807, 2.05) is 36.9 Å². The number of rotatable bonds is 11. The van der Waals surface area contributed by atoms with Crippen LogP contribution in [0.1, 0.15) is 29.4 Å². The molecule has 0 aliphatic rings. The third-order valence-corrected chi connectivity index (χ3v) is 4.75.